The van der Waals surface area contributed by atoms with Crippen molar-refractivity contribution in [3.8, 4) is 5.75 Å². The van der Waals surface area contributed by atoms with E-state index in [1.165, 1.54) is 11.1 Å². The minimum absolute atomic E-state index is 0.0633. The van der Waals surface area contributed by atoms with Crippen molar-refractivity contribution >= 4 is 15.9 Å². The summed E-state index contributed by atoms with van der Waals surface area (Å²) >= 11 is 3.59. The number of rotatable bonds is 3. The first-order valence-corrected chi connectivity index (χ1v) is 7.68. The number of benzene rings is 1. The zero-order valence-corrected chi connectivity index (χ0v) is 13.0. The van der Waals surface area contributed by atoms with E-state index in [9.17, 15) is 0 Å². The molecule has 0 spiro atoms. The van der Waals surface area contributed by atoms with Crippen LogP contribution in [0.4, 0.5) is 0 Å². The largest absolute Gasteiger partial charge is 0.493 e. The van der Waals surface area contributed by atoms with E-state index in [1.807, 2.05) is 0 Å². The third-order valence-corrected chi connectivity index (χ3v) is 4.85. The molecule has 2 atom stereocenters. The summed E-state index contributed by atoms with van der Waals surface area (Å²) in [5, 5.41) is 3.66. The predicted molar refractivity (Wildman–Crippen MR) is 78.6 cm³/mol. The van der Waals surface area contributed by atoms with Crippen LogP contribution in [0, 0.1) is 0 Å². The average molecular weight is 326 g/mol. The van der Waals surface area contributed by atoms with Gasteiger partial charge in [-0.25, -0.2) is 0 Å². The van der Waals surface area contributed by atoms with Crippen LogP contribution in [-0.4, -0.2) is 24.9 Å². The van der Waals surface area contributed by atoms with Crippen molar-refractivity contribution in [2.45, 2.75) is 44.9 Å². The second kappa shape index (κ2) is 5.08. The van der Waals surface area contributed by atoms with Crippen LogP contribution < -0.4 is 10.1 Å². The van der Waals surface area contributed by atoms with Gasteiger partial charge < -0.3 is 14.8 Å². The lowest BCUT2D eigenvalue weighted by Gasteiger charge is -2.29. The predicted octanol–water partition coefficient (Wildman–Crippen LogP) is 3.04. The van der Waals surface area contributed by atoms with Crippen LogP contribution in [0.25, 0.3) is 0 Å². The lowest BCUT2D eigenvalue weighted by atomic mass is 9.94. The van der Waals surface area contributed by atoms with E-state index in [0.717, 1.165) is 42.8 Å². The van der Waals surface area contributed by atoms with Gasteiger partial charge in [0.2, 0.25) is 0 Å². The van der Waals surface area contributed by atoms with Crippen LogP contribution in [0.3, 0.4) is 0 Å². The number of nitrogens with one attached hydrogen (secondary N) is 1. The first kappa shape index (κ1) is 13.4. The topological polar surface area (TPSA) is 30.5 Å². The van der Waals surface area contributed by atoms with Gasteiger partial charge in [0.05, 0.1) is 12.7 Å². The van der Waals surface area contributed by atoms with Gasteiger partial charge in [-0.3, -0.25) is 0 Å². The minimum Gasteiger partial charge on any atom is -0.493 e. The van der Waals surface area contributed by atoms with E-state index >= 15 is 0 Å². The van der Waals surface area contributed by atoms with Gasteiger partial charge in [-0.2, -0.15) is 0 Å². The Balaban J connectivity index is 1.77. The molecule has 2 aliphatic rings. The molecule has 0 saturated carbocycles. The van der Waals surface area contributed by atoms with Gasteiger partial charge in [0.1, 0.15) is 5.75 Å². The molecule has 0 aromatic heterocycles. The molecule has 1 saturated heterocycles. The molecule has 1 fully saturated rings. The van der Waals surface area contributed by atoms with Crippen molar-refractivity contribution in [1.82, 2.24) is 5.32 Å². The fourth-order valence-corrected chi connectivity index (χ4v) is 3.39. The first-order valence-electron chi connectivity index (χ1n) is 6.89. The summed E-state index contributed by atoms with van der Waals surface area (Å²) in [5.74, 6) is 1.07. The second-order valence-electron chi connectivity index (χ2n) is 5.69. The van der Waals surface area contributed by atoms with Crippen LogP contribution >= 0.6 is 15.9 Å². The van der Waals surface area contributed by atoms with Crippen LogP contribution in [-0.2, 0) is 17.7 Å². The highest BCUT2D eigenvalue weighted by Crippen LogP contribution is 2.34. The fraction of sp³-hybridized carbons (Fsp3) is 0.600. The number of hydrogen-bond donors (Lipinski definition) is 1. The quantitative estimate of drug-likeness (QED) is 0.926. The Kier molecular flexibility index (Phi) is 3.58. The Labute approximate surface area is 122 Å². The molecule has 2 unspecified atom stereocenters. The molecular weight excluding hydrogens is 306 g/mol. The highest BCUT2D eigenvalue weighted by molar-refractivity contribution is 9.10. The summed E-state index contributed by atoms with van der Waals surface area (Å²) in [6.07, 6.45) is 2.33. The summed E-state index contributed by atoms with van der Waals surface area (Å²) in [7, 11) is 0. The van der Waals surface area contributed by atoms with Crippen molar-refractivity contribution in [3.63, 3.8) is 0 Å². The number of ether oxygens (including phenoxy) is 2. The van der Waals surface area contributed by atoms with Crippen molar-refractivity contribution in [2.24, 2.45) is 0 Å². The van der Waals surface area contributed by atoms with Crippen molar-refractivity contribution in [1.29, 1.82) is 0 Å². The zero-order chi connectivity index (χ0) is 13.5. The molecule has 0 bridgehead atoms. The highest BCUT2D eigenvalue weighted by Gasteiger charge is 2.36. The number of hydrogen-bond acceptors (Lipinski definition) is 3. The van der Waals surface area contributed by atoms with Gasteiger partial charge in [-0.15, -0.1) is 0 Å². The summed E-state index contributed by atoms with van der Waals surface area (Å²) in [6.45, 7) is 6.85. The van der Waals surface area contributed by atoms with E-state index in [1.54, 1.807) is 0 Å². The zero-order valence-electron chi connectivity index (χ0n) is 11.5. The summed E-state index contributed by atoms with van der Waals surface area (Å²) in [4.78, 5) is 0. The molecule has 19 heavy (non-hydrogen) atoms. The molecule has 3 nitrogen and oxygen atoms in total. The van der Waals surface area contributed by atoms with Crippen LogP contribution in [0.2, 0.25) is 0 Å². The number of halogens is 1. The molecule has 1 N–H and O–H groups in total. The average Bonchev–Trinajstić information content (AvgIpc) is 2.95. The third-order valence-electron chi connectivity index (χ3n) is 4.39. The summed E-state index contributed by atoms with van der Waals surface area (Å²) < 4.78 is 12.6. The Bertz CT molecular complexity index is 491. The van der Waals surface area contributed by atoms with Gasteiger partial charge in [0.25, 0.3) is 0 Å². The summed E-state index contributed by atoms with van der Waals surface area (Å²) in [5.41, 5.74) is 2.61. The fourth-order valence-electron chi connectivity index (χ4n) is 2.84. The minimum atomic E-state index is 0.0633. The second-order valence-corrected chi connectivity index (χ2v) is 6.60. The molecule has 4 heteroatoms. The lowest BCUT2D eigenvalue weighted by molar-refractivity contribution is 0.0880. The maximum absolute atomic E-state index is 5.77. The molecular formula is C15H20BrNO2. The Morgan fingerprint density at radius 2 is 2.26 bits per heavy atom. The van der Waals surface area contributed by atoms with Crippen molar-refractivity contribution < 1.29 is 9.47 Å². The molecule has 1 aromatic rings. The maximum Gasteiger partial charge on any atom is 0.127 e. The first-order chi connectivity index (χ1) is 9.08. The Morgan fingerprint density at radius 1 is 1.42 bits per heavy atom. The molecule has 3 rings (SSSR count). The van der Waals surface area contributed by atoms with E-state index in [0.29, 0.717) is 0 Å². The van der Waals surface area contributed by atoms with Crippen molar-refractivity contribution in [2.75, 3.05) is 13.2 Å². The molecule has 2 aliphatic heterocycles. The lowest BCUT2D eigenvalue weighted by Crippen LogP contribution is -2.47. The van der Waals surface area contributed by atoms with E-state index in [-0.39, 0.29) is 11.6 Å². The van der Waals surface area contributed by atoms with Gasteiger partial charge in [-0.1, -0.05) is 15.9 Å². The normalized spacial score (nSPS) is 29.3. The standard InChI is InChI=1S/C15H20BrNO2/c1-10-15(2,4-6-18-10)17-9-12-8-13(16)7-11-3-5-19-14(11)12/h7-8,10,17H,3-6,9H2,1-2H3. The van der Waals surface area contributed by atoms with E-state index < -0.39 is 0 Å². The molecule has 2 heterocycles. The smallest absolute Gasteiger partial charge is 0.127 e. The summed E-state index contributed by atoms with van der Waals surface area (Å²) in [6, 6.07) is 4.32. The molecule has 0 aliphatic carbocycles. The Hall–Kier alpha value is -0.580. The van der Waals surface area contributed by atoms with Gasteiger partial charge in [-0.05, 0) is 38.0 Å². The SMILES string of the molecule is CC1OCCC1(C)NCc1cc(Br)cc2c1OCC2. The monoisotopic (exact) mass is 325 g/mol. The van der Waals surface area contributed by atoms with E-state index in [4.69, 9.17) is 9.47 Å². The molecule has 0 amide bonds. The van der Waals surface area contributed by atoms with Crippen LogP contribution in [0.1, 0.15) is 31.4 Å². The molecule has 1 aromatic carbocycles. The van der Waals surface area contributed by atoms with Gasteiger partial charge >= 0.3 is 0 Å². The van der Waals surface area contributed by atoms with Gasteiger partial charge in [0.15, 0.2) is 0 Å². The number of fused-ring (bicyclic) bond motifs is 1. The van der Waals surface area contributed by atoms with Crippen LogP contribution in [0.15, 0.2) is 16.6 Å². The van der Waals surface area contributed by atoms with E-state index in [2.05, 4.69) is 47.2 Å². The van der Waals surface area contributed by atoms with Crippen LogP contribution in [0.5, 0.6) is 5.75 Å². The highest BCUT2D eigenvalue weighted by atomic mass is 79.9. The van der Waals surface area contributed by atoms with Crippen molar-refractivity contribution in [3.05, 3.63) is 27.7 Å². The maximum atomic E-state index is 5.77. The Morgan fingerprint density at radius 3 is 3.00 bits per heavy atom. The molecule has 104 valence electrons. The van der Waals surface area contributed by atoms with Gasteiger partial charge in [0, 0.05) is 35.1 Å². The third kappa shape index (κ3) is 2.54. The molecule has 0 radical (unpaired) electrons.